The Hall–Kier alpha value is 0.900. The van der Waals surface area contributed by atoms with Crippen LogP contribution in [0.2, 0.25) is 0 Å². The van der Waals surface area contributed by atoms with Crippen LogP contribution in [-0.2, 0) is 0 Å². The topological polar surface area (TPSA) is 3.24 Å². The van der Waals surface area contributed by atoms with Crippen molar-refractivity contribution in [1.29, 1.82) is 0 Å². The maximum absolute atomic E-state index is 3.77. The fraction of sp³-hybridized carbons (Fsp3) is 0.429. The first-order chi connectivity index (χ1) is 4.54. The van der Waals surface area contributed by atoms with E-state index < -0.39 is 0 Å². The molecular weight excluding hydrogens is 352 g/mol. The van der Waals surface area contributed by atoms with E-state index in [1.807, 2.05) is 13.1 Å². The molecule has 0 aliphatic carbocycles. The summed E-state index contributed by atoms with van der Waals surface area (Å²) < 4.78 is 3.19. The molecule has 0 aliphatic rings. The highest BCUT2D eigenvalue weighted by Crippen LogP contribution is 2.08. The van der Waals surface area contributed by atoms with Crippen LogP contribution in [0.1, 0.15) is 6.92 Å². The molecule has 0 rings (SSSR count). The number of halogens is 2. The molecule has 10 heavy (non-hydrogen) atoms. The van der Waals surface area contributed by atoms with Gasteiger partial charge < -0.3 is 0 Å². The summed E-state index contributed by atoms with van der Waals surface area (Å²) in [5, 5.41) is 0. The van der Waals surface area contributed by atoms with E-state index >= 15 is 0 Å². The first-order valence-corrected chi connectivity index (χ1v) is 4.99. The first kappa shape index (κ1) is 10.9. The zero-order valence-electron chi connectivity index (χ0n) is 6.14. The summed E-state index contributed by atoms with van der Waals surface area (Å²) in [6, 6.07) is 0.479. The second-order valence-corrected chi connectivity index (χ2v) is 4.98. The van der Waals surface area contributed by atoms with E-state index in [4.69, 9.17) is 0 Å². The van der Waals surface area contributed by atoms with Gasteiger partial charge in [-0.2, -0.15) is 0 Å². The van der Waals surface area contributed by atoms with Crippen LogP contribution in [0.5, 0.6) is 0 Å². The van der Waals surface area contributed by atoms with Crippen molar-refractivity contribution in [1.82, 2.24) is 3.11 Å². The van der Waals surface area contributed by atoms with Gasteiger partial charge in [-0.05, 0) is 36.6 Å². The van der Waals surface area contributed by atoms with Crippen molar-refractivity contribution in [3.05, 3.63) is 22.3 Å². The zero-order valence-corrected chi connectivity index (χ0v) is 10.5. The molecule has 1 nitrogen and oxygen atoms in total. The molecular formula is C7H11I2N. The van der Waals surface area contributed by atoms with Gasteiger partial charge in [-0.25, -0.2) is 3.11 Å². The lowest BCUT2D eigenvalue weighted by Crippen LogP contribution is -2.15. The lowest BCUT2D eigenvalue weighted by atomic mass is 10.3. The number of allylic oxidation sites excluding steroid dienone is 2. The van der Waals surface area contributed by atoms with Crippen molar-refractivity contribution < 1.29 is 0 Å². The molecule has 0 aromatic rings. The highest BCUT2D eigenvalue weighted by atomic mass is 127. The van der Waals surface area contributed by atoms with Crippen molar-refractivity contribution in [3.8, 4) is 0 Å². The lowest BCUT2D eigenvalue weighted by Gasteiger charge is -2.12. The summed E-state index contributed by atoms with van der Waals surface area (Å²) in [5.74, 6) is 0. The van der Waals surface area contributed by atoms with Crippen molar-refractivity contribution in [2.45, 2.75) is 13.0 Å². The van der Waals surface area contributed by atoms with Crippen molar-refractivity contribution >= 4 is 45.5 Å². The lowest BCUT2D eigenvalue weighted by molar-refractivity contribution is 0.549. The van der Waals surface area contributed by atoms with E-state index in [-0.39, 0.29) is 0 Å². The fourth-order valence-corrected chi connectivity index (χ4v) is 0.756. The van der Waals surface area contributed by atoms with Gasteiger partial charge in [0.15, 0.2) is 0 Å². The van der Waals surface area contributed by atoms with E-state index in [2.05, 4.69) is 68.1 Å². The quantitative estimate of drug-likeness (QED) is 0.423. The van der Waals surface area contributed by atoms with Gasteiger partial charge in [0.05, 0.1) is 0 Å². The van der Waals surface area contributed by atoms with Gasteiger partial charge in [-0.3, -0.25) is 0 Å². The van der Waals surface area contributed by atoms with Crippen LogP contribution in [0, 0.1) is 0 Å². The molecule has 58 valence electrons. The molecule has 0 saturated heterocycles. The summed E-state index contributed by atoms with van der Waals surface area (Å²) >= 11 is 4.46. The fourth-order valence-electron chi connectivity index (χ4n) is 0.362. The van der Waals surface area contributed by atoms with Crippen LogP contribution in [0.3, 0.4) is 0 Å². The molecule has 0 fully saturated rings. The molecule has 0 aromatic heterocycles. The Kier molecular flexibility index (Phi) is 6.04. The summed E-state index contributed by atoms with van der Waals surface area (Å²) in [6.07, 6.45) is 4.15. The number of rotatable bonds is 3. The van der Waals surface area contributed by atoms with Crippen molar-refractivity contribution in [2.24, 2.45) is 0 Å². The van der Waals surface area contributed by atoms with Gasteiger partial charge in [0.1, 0.15) is 0 Å². The minimum atomic E-state index is 0.479. The van der Waals surface area contributed by atoms with Crippen LogP contribution >= 0.6 is 45.5 Å². The van der Waals surface area contributed by atoms with Crippen molar-refractivity contribution in [2.75, 3.05) is 7.05 Å². The second-order valence-electron chi connectivity index (χ2n) is 2.07. The maximum atomic E-state index is 3.77. The normalized spacial score (nSPS) is 14.5. The Morgan fingerprint density at radius 3 is 2.50 bits per heavy atom. The number of likely N-dealkylation sites (N-methyl/N-ethyl adjacent to an activating group) is 1. The number of hydrogen-bond acceptors (Lipinski definition) is 1. The Morgan fingerprint density at radius 2 is 2.20 bits per heavy atom. The SMILES string of the molecule is C=C(I)/C=C\C(C)N(C)I. The highest BCUT2D eigenvalue weighted by molar-refractivity contribution is 14.1. The van der Waals surface area contributed by atoms with Crippen LogP contribution in [-0.4, -0.2) is 16.2 Å². The second kappa shape index (κ2) is 5.54. The van der Waals surface area contributed by atoms with Crippen LogP contribution < -0.4 is 0 Å². The molecule has 0 amide bonds. The Morgan fingerprint density at radius 1 is 1.70 bits per heavy atom. The zero-order chi connectivity index (χ0) is 8.15. The van der Waals surface area contributed by atoms with Crippen molar-refractivity contribution in [3.63, 3.8) is 0 Å². The van der Waals surface area contributed by atoms with Gasteiger partial charge in [0, 0.05) is 32.5 Å². The van der Waals surface area contributed by atoms with E-state index in [1.54, 1.807) is 0 Å². The summed E-state index contributed by atoms with van der Waals surface area (Å²) in [4.78, 5) is 0. The summed E-state index contributed by atoms with van der Waals surface area (Å²) in [5.41, 5.74) is 0. The molecule has 0 aliphatic heterocycles. The monoisotopic (exact) mass is 363 g/mol. The molecule has 1 atom stereocenters. The number of hydrogen-bond donors (Lipinski definition) is 0. The highest BCUT2D eigenvalue weighted by Gasteiger charge is 1.98. The molecule has 0 bridgehead atoms. The number of nitrogens with zero attached hydrogens (tertiary/aromatic N) is 1. The van der Waals surface area contributed by atoms with Crippen LogP contribution in [0.15, 0.2) is 22.3 Å². The molecule has 0 heterocycles. The van der Waals surface area contributed by atoms with Gasteiger partial charge in [-0.1, -0.05) is 18.7 Å². The van der Waals surface area contributed by atoms with Crippen LogP contribution in [0.4, 0.5) is 0 Å². The Labute approximate surface area is 90.2 Å². The molecule has 0 spiro atoms. The largest absolute Gasteiger partial charge is 0.244 e. The predicted molar refractivity (Wildman–Crippen MR) is 63.5 cm³/mol. The van der Waals surface area contributed by atoms with E-state index in [0.29, 0.717) is 6.04 Å². The summed E-state index contributed by atoms with van der Waals surface area (Å²) in [6.45, 7) is 5.91. The van der Waals surface area contributed by atoms with E-state index in [1.165, 1.54) is 0 Å². The average Bonchev–Trinajstić information content (AvgIpc) is 1.82. The smallest absolute Gasteiger partial charge is 0.0346 e. The Balaban J connectivity index is 3.77. The van der Waals surface area contributed by atoms with Gasteiger partial charge >= 0.3 is 0 Å². The van der Waals surface area contributed by atoms with Gasteiger partial charge in [0.25, 0.3) is 0 Å². The maximum Gasteiger partial charge on any atom is 0.0346 e. The van der Waals surface area contributed by atoms with E-state index in [9.17, 15) is 0 Å². The van der Waals surface area contributed by atoms with Gasteiger partial charge in [-0.15, -0.1) is 0 Å². The van der Waals surface area contributed by atoms with E-state index in [0.717, 1.165) is 3.58 Å². The minimum absolute atomic E-state index is 0.479. The molecule has 0 radical (unpaired) electrons. The molecule has 0 saturated carbocycles. The van der Waals surface area contributed by atoms with Gasteiger partial charge in [0.2, 0.25) is 0 Å². The minimum Gasteiger partial charge on any atom is -0.244 e. The molecule has 0 N–H and O–H groups in total. The molecule has 0 aromatic carbocycles. The third kappa shape index (κ3) is 5.67. The third-order valence-electron chi connectivity index (χ3n) is 1.12. The van der Waals surface area contributed by atoms with Crippen LogP contribution in [0.25, 0.3) is 0 Å². The summed E-state index contributed by atoms with van der Waals surface area (Å²) in [7, 11) is 2.05. The molecule has 3 heteroatoms. The average molecular weight is 363 g/mol. The molecule has 1 unspecified atom stereocenters. The Bertz CT molecular complexity index is 141. The third-order valence-corrected chi connectivity index (χ3v) is 2.36. The predicted octanol–water partition coefficient (Wildman–Crippen LogP) is 3.16. The first-order valence-electron chi connectivity index (χ1n) is 2.95. The standard InChI is InChI=1S/C7H11I2N/c1-6(8)4-5-7(2)10(3)9/h4-5,7H,1H2,2-3H3/b5-4-.